The molecule has 1 aromatic rings. The van der Waals surface area contributed by atoms with Gasteiger partial charge in [0.05, 0.1) is 0 Å². The molecule has 0 saturated heterocycles. The Morgan fingerprint density at radius 3 is 2.53 bits per heavy atom. The van der Waals surface area contributed by atoms with E-state index in [1.807, 2.05) is 12.1 Å². The van der Waals surface area contributed by atoms with Crippen LogP contribution in [0.1, 0.15) is 44.5 Å². The van der Waals surface area contributed by atoms with Crippen molar-refractivity contribution in [3.05, 3.63) is 23.8 Å². The van der Waals surface area contributed by atoms with Gasteiger partial charge in [-0.3, -0.25) is 4.79 Å². The number of Topliss-reactive ketones (excluding diaryl/α,β-unsaturated/α-hetero) is 1. The van der Waals surface area contributed by atoms with Crippen LogP contribution in [0.3, 0.4) is 0 Å². The lowest BCUT2D eigenvalue weighted by Gasteiger charge is -2.21. The molecule has 0 fully saturated rings. The van der Waals surface area contributed by atoms with E-state index in [1.54, 1.807) is 6.07 Å². The van der Waals surface area contributed by atoms with Crippen LogP contribution >= 0.6 is 0 Å². The quantitative estimate of drug-likeness (QED) is 0.607. The molecule has 1 rings (SSSR count). The van der Waals surface area contributed by atoms with Crippen molar-refractivity contribution in [2.24, 2.45) is 5.92 Å². The van der Waals surface area contributed by atoms with E-state index >= 15 is 0 Å². The lowest BCUT2D eigenvalue weighted by Crippen LogP contribution is -2.23. The lowest BCUT2D eigenvalue weighted by atomic mass is 10.0. The molecule has 0 bridgehead atoms. The first-order chi connectivity index (χ1) is 7.95. The normalized spacial score (nSPS) is 14.1. The number of ketones is 1. The molecule has 3 N–H and O–H groups in total. The van der Waals surface area contributed by atoms with Crippen molar-refractivity contribution in [2.45, 2.75) is 40.2 Å². The number of nitrogen functional groups attached to an aromatic ring is 1. The summed E-state index contributed by atoms with van der Waals surface area (Å²) >= 11 is 0. The van der Waals surface area contributed by atoms with Crippen LogP contribution in [0.4, 0.5) is 11.4 Å². The second-order valence-corrected chi connectivity index (χ2v) is 4.68. The van der Waals surface area contributed by atoms with Gasteiger partial charge < -0.3 is 11.1 Å². The van der Waals surface area contributed by atoms with Gasteiger partial charge in [0, 0.05) is 23.0 Å². The Morgan fingerprint density at radius 2 is 2.06 bits per heavy atom. The van der Waals surface area contributed by atoms with Crippen LogP contribution in [-0.2, 0) is 0 Å². The molecule has 1 aromatic carbocycles. The van der Waals surface area contributed by atoms with Gasteiger partial charge in [-0.05, 0) is 38.0 Å². The molecule has 0 saturated carbocycles. The molecule has 0 aliphatic heterocycles. The average Bonchev–Trinajstić information content (AvgIpc) is 2.27. The van der Waals surface area contributed by atoms with E-state index in [0.717, 1.165) is 12.1 Å². The molecule has 94 valence electrons. The SMILES string of the molecule is CCC(C)C(C)Nc1ccc(C(C)=O)c(N)c1. The van der Waals surface area contributed by atoms with Crippen LogP contribution in [0, 0.1) is 5.92 Å². The first-order valence-corrected chi connectivity index (χ1v) is 6.12. The van der Waals surface area contributed by atoms with E-state index < -0.39 is 0 Å². The third-order valence-electron chi connectivity index (χ3n) is 3.32. The van der Waals surface area contributed by atoms with E-state index in [1.165, 1.54) is 6.92 Å². The molecule has 0 amide bonds. The van der Waals surface area contributed by atoms with E-state index in [4.69, 9.17) is 5.73 Å². The monoisotopic (exact) mass is 234 g/mol. The zero-order valence-electron chi connectivity index (χ0n) is 11.1. The number of benzene rings is 1. The maximum atomic E-state index is 11.3. The van der Waals surface area contributed by atoms with Crippen molar-refractivity contribution in [3.63, 3.8) is 0 Å². The molecule has 0 spiro atoms. The molecule has 0 aliphatic carbocycles. The highest BCUT2D eigenvalue weighted by Gasteiger charge is 2.11. The smallest absolute Gasteiger partial charge is 0.161 e. The molecular weight excluding hydrogens is 212 g/mol. The molecule has 17 heavy (non-hydrogen) atoms. The van der Waals surface area contributed by atoms with Gasteiger partial charge in [-0.2, -0.15) is 0 Å². The second-order valence-electron chi connectivity index (χ2n) is 4.68. The van der Waals surface area contributed by atoms with Gasteiger partial charge in [0.2, 0.25) is 0 Å². The zero-order chi connectivity index (χ0) is 13.0. The predicted octanol–water partition coefficient (Wildman–Crippen LogP) is 3.32. The minimum Gasteiger partial charge on any atom is -0.398 e. The van der Waals surface area contributed by atoms with Crippen LogP contribution in [0.5, 0.6) is 0 Å². The summed E-state index contributed by atoms with van der Waals surface area (Å²) in [5.74, 6) is 0.604. The summed E-state index contributed by atoms with van der Waals surface area (Å²) in [6.45, 7) is 8.07. The van der Waals surface area contributed by atoms with Crippen LogP contribution in [0.15, 0.2) is 18.2 Å². The lowest BCUT2D eigenvalue weighted by molar-refractivity contribution is 0.101. The fourth-order valence-electron chi connectivity index (χ4n) is 1.73. The Labute approximate surface area is 103 Å². The molecule has 2 unspecified atom stereocenters. The maximum absolute atomic E-state index is 11.3. The number of anilines is 2. The van der Waals surface area contributed by atoms with E-state index in [2.05, 4.69) is 26.1 Å². The summed E-state index contributed by atoms with van der Waals surface area (Å²) < 4.78 is 0. The maximum Gasteiger partial charge on any atom is 0.161 e. The summed E-state index contributed by atoms with van der Waals surface area (Å²) in [7, 11) is 0. The third kappa shape index (κ3) is 3.48. The first-order valence-electron chi connectivity index (χ1n) is 6.12. The number of nitrogens with one attached hydrogen (secondary N) is 1. The highest BCUT2D eigenvalue weighted by Crippen LogP contribution is 2.21. The average molecular weight is 234 g/mol. The Morgan fingerprint density at radius 1 is 1.41 bits per heavy atom. The fourth-order valence-corrected chi connectivity index (χ4v) is 1.73. The molecule has 3 heteroatoms. The van der Waals surface area contributed by atoms with Crippen molar-refractivity contribution < 1.29 is 4.79 Å². The standard InChI is InChI=1S/C14H22N2O/c1-5-9(2)10(3)16-12-6-7-13(11(4)17)14(15)8-12/h6-10,16H,5,15H2,1-4H3. The molecule has 0 radical (unpaired) electrons. The molecule has 0 aliphatic rings. The molecule has 0 aromatic heterocycles. The number of hydrogen-bond acceptors (Lipinski definition) is 3. The second kappa shape index (κ2) is 5.71. The molecule has 2 atom stereocenters. The summed E-state index contributed by atoms with van der Waals surface area (Å²) in [5, 5.41) is 3.41. The Kier molecular flexibility index (Phi) is 4.55. The third-order valence-corrected chi connectivity index (χ3v) is 3.32. The number of carbonyl (C=O) groups is 1. The van der Waals surface area contributed by atoms with Crippen molar-refractivity contribution in [3.8, 4) is 0 Å². The van der Waals surface area contributed by atoms with E-state index in [9.17, 15) is 4.79 Å². The Balaban J connectivity index is 2.81. The first kappa shape index (κ1) is 13.6. The van der Waals surface area contributed by atoms with Gasteiger partial charge in [-0.25, -0.2) is 0 Å². The van der Waals surface area contributed by atoms with Crippen molar-refractivity contribution in [1.82, 2.24) is 0 Å². The molecule has 3 nitrogen and oxygen atoms in total. The number of carbonyl (C=O) groups excluding carboxylic acids is 1. The summed E-state index contributed by atoms with van der Waals surface area (Å²) in [6, 6.07) is 5.91. The minimum atomic E-state index is 0.00373. The van der Waals surface area contributed by atoms with Gasteiger partial charge in [0.25, 0.3) is 0 Å². The predicted molar refractivity (Wildman–Crippen MR) is 73.4 cm³/mol. The van der Waals surface area contributed by atoms with Crippen LogP contribution in [0.2, 0.25) is 0 Å². The van der Waals surface area contributed by atoms with Gasteiger partial charge in [0.1, 0.15) is 0 Å². The zero-order valence-corrected chi connectivity index (χ0v) is 11.1. The van der Waals surface area contributed by atoms with Crippen LogP contribution in [-0.4, -0.2) is 11.8 Å². The number of nitrogens with two attached hydrogens (primary N) is 1. The van der Waals surface area contributed by atoms with Crippen molar-refractivity contribution in [2.75, 3.05) is 11.1 Å². The van der Waals surface area contributed by atoms with Crippen molar-refractivity contribution >= 4 is 17.2 Å². The largest absolute Gasteiger partial charge is 0.398 e. The van der Waals surface area contributed by atoms with E-state index in [-0.39, 0.29) is 5.78 Å². The van der Waals surface area contributed by atoms with Gasteiger partial charge >= 0.3 is 0 Å². The summed E-state index contributed by atoms with van der Waals surface area (Å²) in [5.41, 5.74) is 7.95. The Hall–Kier alpha value is -1.51. The topological polar surface area (TPSA) is 55.1 Å². The van der Waals surface area contributed by atoms with E-state index in [0.29, 0.717) is 23.2 Å². The van der Waals surface area contributed by atoms with Crippen molar-refractivity contribution in [1.29, 1.82) is 0 Å². The molecular formula is C14H22N2O. The van der Waals surface area contributed by atoms with Gasteiger partial charge in [-0.1, -0.05) is 20.3 Å². The van der Waals surface area contributed by atoms with Gasteiger partial charge in [0.15, 0.2) is 5.78 Å². The summed E-state index contributed by atoms with van der Waals surface area (Å²) in [4.78, 5) is 11.3. The Bertz CT molecular complexity index is 401. The van der Waals surface area contributed by atoms with Crippen LogP contribution in [0.25, 0.3) is 0 Å². The van der Waals surface area contributed by atoms with Crippen LogP contribution < -0.4 is 11.1 Å². The highest BCUT2D eigenvalue weighted by molar-refractivity contribution is 5.99. The number of hydrogen-bond donors (Lipinski definition) is 2. The fraction of sp³-hybridized carbons (Fsp3) is 0.500. The summed E-state index contributed by atoms with van der Waals surface area (Å²) in [6.07, 6.45) is 1.13. The van der Waals surface area contributed by atoms with Gasteiger partial charge in [-0.15, -0.1) is 0 Å². The minimum absolute atomic E-state index is 0.00373. The highest BCUT2D eigenvalue weighted by atomic mass is 16.1. The number of rotatable bonds is 5. The molecule has 0 heterocycles.